The Morgan fingerprint density at radius 3 is 2.55 bits per heavy atom. The Morgan fingerprint density at radius 1 is 1.16 bits per heavy atom. The number of halogens is 1. The maximum Gasteiger partial charge on any atom is 0.255 e. The molecule has 1 N–H and O–H groups in total. The Bertz CT molecular complexity index is 1190. The SMILES string of the molecule is CCN(C1CCCCC1)S(=O)(=O)c1ccc(C(=O)Nc2ccc(Cl)c3ncsc23)cc1. The maximum absolute atomic E-state index is 13.2. The van der Waals surface area contributed by atoms with Crippen molar-refractivity contribution in [2.75, 3.05) is 11.9 Å². The first-order valence-corrected chi connectivity index (χ1v) is 13.1. The number of carbonyl (C=O) groups excluding carboxylic acids is 1. The zero-order chi connectivity index (χ0) is 22.0. The number of sulfonamides is 1. The number of amides is 1. The fourth-order valence-corrected chi connectivity index (χ4v) is 6.86. The summed E-state index contributed by atoms with van der Waals surface area (Å²) < 4.78 is 28.8. The topological polar surface area (TPSA) is 79.4 Å². The third-order valence-corrected chi connectivity index (χ3v) is 8.91. The van der Waals surface area contributed by atoms with E-state index in [2.05, 4.69) is 10.3 Å². The summed E-state index contributed by atoms with van der Waals surface area (Å²) in [4.78, 5) is 17.2. The molecule has 9 heteroatoms. The molecule has 1 heterocycles. The number of benzene rings is 2. The van der Waals surface area contributed by atoms with Gasteiger partial charge in [-0.3, -0.25) is 4.79 Å². The minimum Gasteiger partial charge on any atom is -0.321 e. The monoisotopic (exact) mass is 477 g/mol. The summed E-state index contributed by atoms with van der Waals surface area (Å²) in [5, 5.41) is 3.40. The van der Waals surface area contributed by atoms with Crippen LogP contribution in [0.3, 0.4) is 0 Å². The summed E-state index contributed by atoms with van der Waals surface area (Å²) in [7, 11) is -3.60. The van der Waals surface area contributed by atoms with Crippen LogP contribution in [0.4, 0.5) is 5.69 Å². The van der Waals surface area contributed by atoms with Gasteiger partial charge in [0.25, 0.3) is 5.91 Å². The molecular weight excluding hydrogens is 454 g/mol. The molecule has 1 aromatic heterocycles. The van der Waals surface area contributed by atoms with Crippen molar-refractivity contribution in [3.63, 3.8) is 0 Å². The molecular formula is C22H24ClN3O3S2. The average Bonchev–Trinajstić information content (AvgIpc) is 3.28. The summed E-state index contributed by atoms with van der Waals surface area (Å²) in [6.07, 6.45) is 5.10. The molecule has 1 aliphatic carbocycles. The summed E-state index contributed by atoms with van der Waals surface area (Å²) in [6.45, 7) is 2.32. The van der Waals surface area contributed by atoms with Crippen molar-refractivity contribution in [2.45, 2.75) is 50.0 Å². The van der Waals surface area contributed by atoms with E-state index in [9.17, 15) is 13.2 Å². The lowest BCUT2D eigenvalue weighted by atomic mass is 9.95. The molecule has 0 atom stereocenters. The fraction of sp³-hybridized carbons (Fsp3) is 0.364. The van der Waals surface area contributed by atoms with Crippen LogP contribution in [0.5, 0.6) is 0 Å². The lowest BCUT2D eigenvalue weighted by molar-refractivity contribution is 0.102. The minimum absolute atomic E-state index is 0.0541. The Labute approximate surface area is 191 Å². The molecule has 6 nitrogen and oxygen atoms in total. The number of rotatable bonds is 6. The van der Waals surface area contributed by atoms with Gasteiger partial charge in [0.15, 0.2) is 0 Å². The maximum atomic E-state index is 13.2. The van der Waals surface area contributed by atoms with Gasteiger partial charge in [-0.1, -0.05) is 37.8 Å². The number of aromatic nitrogens is 1. The van der Waals surface area contributed by atoms with E-state index in [0.717, 1.165) is 30.4 Å². The van der Waals surface area contributed by atoms with Gasteiger partial charge in [-0.05, 0) is 49.2 Å². The van der Waals surface area contributed by atoms with Crippen LogP contribution in [0, 0.1) is 0 Å². The van der Waals surface area contributed by atoms with Gasteiger partial charge in [0.05, 0.1) is 25.8 Å². The number of hydrogen-bond donors (Lipinski definition) is 1. The average molecular weight is 478 g/mol. The molecule has 0 unspecified atom stereocenters. The van der Waals surface area contributed by atoms with Crippen molar-refractivity contribution >= 4 is 54.8 Å². The van der Waals surface area contributed by atoms with Crippen LogP contribution in [0.25, 0.3) is 10.2 Å². The highest BCUT2D eigenvalue weighted by molar-refractivity contribution is 7.89. The number of nitrogens with zero attached hydrogens (tertiary/aromatic N) is 2. The van der Waals surface area contributed by atoms with Gasteiger partial charge in [0, 0.05) is 18.2 Å². The van der Waals surface area contributed by atoms with Gasteiger partial charge in [-0.25, -0.2) is 13.4 Å². The van der Waals surface area contributed by atoms with Crippen LogP contribution in [0.15, 0.2) is 46.8 Å². The standard InChI is InChI=1S/C22H24ClN3O3S2/c1-2-26(16-6-4-3-5-7-16)31(28,29)17-10-8-15(9-11-17)22(27)25-19-13-12-18(23)20-21(19)30-14-24-20/h8-14,16H,2-7H2,1H3,(H,25,27). The lowest BCUT2D eigenvalue weighted by Gasteiger charge is -2.32. The Morgan fingerprint density at radius 2 is 1.87 bits per heavy atom. The first-order chi connectivity index (χ1) is 14.9. The Balaban J connectivity index is 1.53. The number of anilines is 1. The van der Waals surface area contributed by atoms with Crippen LogP contribution in [-0.2, 0) is 10.0 Å². The van der Waals surface area contributed by atoms with Crippen molar-refractivity contribution in [3.05, 3.63) is 52.5 Å². The van der Waals surface area contributed by atoms with Crippen molar-refractivity contribution in [1.82, 2.24) is 9.29 Å². The van der Waals surface area contributed by atoms with E-state index >= 15 is 0 Å². The highest BCUT2D eigenvalue weighted by atomic mass is 35.5. The van der Waals surface area contributed by atoms with Crippen LogP contribution in [-0.4, -0.2) is 36.2 Å². The lowest BCUT2D eigenvalue weighted by Crippen LogP contribution is -2.41. The van der Waals surface area contributed by atoms with E-state index in [1.807, 2.05) is 6.92 Å². The number of carbonyl (C=O) groups is 1. The highest BCUT2D eigenvalue weighted by Crippen LogP contribution is 2.32. The van der Waals surface area contributed by atoms with Crippen LogP contribution >= 0.6 is 22.9 Å². The molecule has 164 valence electrons. The minimum atomic E-state index is -3.60. The van der Waals surface area contributed by atoms with Gasteiger partial charge in [0.1, 0.15) is 5.52 Å². The third-order valence-electron chi connectivity index (χ3n) is 5.70. The van der Waals surface area contributed by atoms with Crippen LogP contribution in [0.2, 0.25) is 5.02 Å². The van der Waals surface area contributed by atoms with Crippen LogP contribution < -0.4 is 5.32 Å². The second kappa shape index (κ2) is 9.24. The molecule has 0 saturated heterocycles. The second-order valence-electron chi connectivity index (χ2n) is 7.60. The summed E-state index contributed by atoms with van der Waals surface area (Å²) in [6, 6.07) is 9.62. The van der Waals surface area contributed by atoms with Gasteiger partial charge < -0.3 is 5.32 Å². The first kappa shape index (κ1) is 22.2. The van der Waals surface area contributed by atoms with Gasteiger partial charge in [-0.15, -0.1) is 11.3 Å². The molecule has 1 aliphatic rings. The van der Waals surface area contributed by atoms with Gasteiger partial charge in [-0.2, -0.15) is 4.31 Å². The predicted molar refractivity (Wildman–Crippen MR) is 125 cm³/mol. The molecule has 0 spiro atoms. The summed E-state index contributed by atoms with van der Waals surface area (Å²) >= 11 is 7.54. The Hall–Kier alpha value is -2.00. The number of fused-ring (bicyclic) bond motifs is 1. The molecule has 31 heavy (non-hydrogen) atoms. The zero-order valence-electron chi connectivity index (χ0n) is 17.2. The Kier molecular flexibility index (Phi) is 6.62. The molecule has 0 radical (unpaired) electrons. The summed E-state index contributed by atoms with van der Waals surface area (Å²) in [5.74, 6) is -0.319. The smallest absolute Gasteiger partial charge is 0.255 e. The largest absolute Gasteiger partial charge is 0.321 e. The number of thiazole rings is 1. The molecule has 0 aliphatic heterocycles. The van der Waals surface area contributed by atoms with Crippen molar-refractivity contribution < 1.29 is 13.2 Å². The van der Waals surface area contributed by atoms with E-state index in [1.165, 1.54) is 29.9 Å². The summed E-state index contributed by atoms with van der Waals surface area (Å²) in [5.41, 5.74) is 3.33. The zero-order valence-corrected chi connectivity index (χ0v) is 19.6. The highest BCUT2D eigenvalue weighted by Gasteiger charge is 2.31. The molecule has 1 fully saturated rings. The van der Waals surface area contributed by atoms with Crippen molar-refractivity contribution in [1.29, 1.82) is 0 Å². The van der Waals surface area contributed by atoms with E-state index in [-0.39, 0.29) is 16.8 Å². The van der Waals surface area contributed by atoms with Crippen molar-refractivity contribution in [3.8, 4) is 0 Å². The molecule has 2 aromatic carbocycles. The molecule has 0 bridgehead atoms. The van der Waals surface area contributed by atoms with Gasteiger partial charge in [0.2, 0.25) is 10.0 Å². The van der Waals surface area contributed by atoms with Crippen molar-refractivity contribution in [2.24, 2.45) is 0 Å². The normalized spacial score (nSPS) is 15.5. The number of nitrogens with one attached hydrogen (secondary N) is 1. The van der Waals surface area contributed by atoms with E-state index in [0.29, 0.717) is 28.3 Å². The second-order valence-corrected chi connectivity index (χ2v) is 10.8. The molecule has 3 aromatic rings. The molecule has 1 amide bonds. The van der Waals surface area contributed by atoms with E-state index in [1.54, 1.807) is 34.1 Å². The van der Waals surface area contributed by atoms with Crippen LogP contribution in [0.1, 0.15) is 49.4 Å². The van der Waals surface area contributed by atoms with E-state index in [4.69, 9.17) is 11.6 Å². The first-order valence-electron chi connectivity index (χ1n) is 10.4. The quantitative estimate of drug-likeness (QED) is 0.505. The fourth-order valence-electron chi connectivity index (χ4n) is 4.12. The molecule has 4 rings (SSSR count). The number of hydrogen-bond acceptors (Lipinski definition) is 5. The van der Waals surface area contributed by atoms with E-state index < -0.39 is 10.0 Å². The third kappa shape index (κ3) is 4.48. The predicted octanol–water partition coefficient (Wildman–Crippen LogP) is 5.55. The van der Waals surface area contributed by atoms with Gasteiger partial charge >= 0.3 is 0 Å². The molecule has 1 saturated carbocycles.